The summed E-state index contributed by atoms with van der Waals surface area (Å²) < 4.78 is 5.35. The normalized spacial score (nSPS) is 10.3. The predicted molar refractivity (Wildman–Crippen MR) is 72.9 cm³/mol. The molecular formula is C15H13N3O. The van der Waals surface area contributed by atoms with E-state index in [1.54, 1.807) is 24.3 Å². The van der Waals surface area contributed by atoms with Gasteiger partial charge in [-0.2, -0.15) is 15.5 Å². The molecule has 0 atom stereocenters. The van der Waals surface area contributed by atoms with Crippen LogP contribution in [-0.2, 0) is 0 Å². The molecule has 0 aliphatic rings. The summed E-state index contributed by atoms with van der Waals surface area (Å²) in [4.78, 5) is 0. The monoisotopic (exact) mass is 251 g/mol. The Balaban J connectivity index is 2.07. The maximum atomic E-state index is 8.69. The van der Waals surface area contributed by atoms with Crippen molar-refractivity contribution in [2.24, 2.45) is 10.2 Å². The molecule has 4 nitrogen and oxygen atoms in total. The molecule has 0 amide bonds. The minimum absolute atomic E-state index is 0.611. The third kappa shape index (κ3) is 3.65. The van der Waals surface area contributed by atoms with E-state index < -0.39 is 0 Å². The SMILES string of the molecule is CCOc1ccc(N=Nc2ccc(C#N)cc2)cc1. The Hall–Kier alpha value is -2.67. The molecule has 2 rings (SSSR count). The van der Waals surface area contributed by atoms with Crippen molar-refractivity contribution >= 4 is 11.4 Å². The van der Waals surface area contributed by atoms with Crippen LogP contribution in [0.2, 0.25) is 0 Å². The van der Waals surface area contributed by atoms with Gasteiger partial charge in [-0.15, -0.1) is 0 Å². The Labute approximate surface area is 112 Å². The van der Waals surface area contributed by atoms with Crippen molar-refractivity contribution in [3.63, 3.8) is 0 Å². The molecule has 0 saturated heterocycles. The van der Waals surface area contributed by atoms with Crippen LogP contribution in [0.1, 0.15) is 12.5 Å². The highest BCUT2D eigenvalue weighted by Crippen LogP contribution is 2.21. The number of nitrogens with zero attached hydrogens (tertiary/aromatic N) is 3. The quantitative estimate of drug-likeness (QED) is 0.757. The average Bonchev–Trinajstić information content (AvgIpc) is 2.47. The van der Waals surface area contributed by atoms with Gasteiger partial charge < -0.3 is 4.74 Å². The number of hydrogen-bond acceptors (Lipinski definition) is 4. The van der Waals surface area contributed by atoms with E-state index in [4.69, 9.17) is 10.00 Å². The van der Waals surface area contributed by atoms with Gasteiger partial charge in [-0.25, -0.2) is 0 Å². The fourth-order valence-electron chi connectivity index (χ4n) is 1.49. The van der Waals surface area contributed by atoms with Gasteiger partial charge in [0.1, 0.15) is 5.75 Å². The summed E-state index contributed by atoms with van der Waals surface area (Å²) in [6, 6.07) is 16.4. The first kappa shape index (κ1) is 12.8. The summed E-state index contributed by atoms with van der Waals surface area (Å²) >= 11 is 0. The zero-order valence-corrected chi connectivity index (χ0v) is 10.6. The van der Waals surface area contributed by atoms with Crippen LogP contribution >= 0.6 is 0 Å². The highest BCUT2D eigenvalue weighted by atomic mass is 16.5. The molecule has 2 aromatic carbocycles. The van der Waals surface area contributed by atoms with Gasteiger partial charge >= 0.3 is 0 Å². The fourth-order valence-corrected chi connectivity index (χ4v) is 1.49. The molecule has 0 aliphatic carbocycles. The van der Waals surface area contributed by atoms with Crippen LogP contribution in [0, 0.1) is 11.3 Å². The smallest absolute Gasteiger partial charge is 0.119 e. The third-order valence-corrected chi connectivity index (χ3v) is 2.43. The Morgan fingerprint density at radius 1 is 0.947 bits per heavy atom. The molecule has 19 heavy (non-hydrogen) atoms. The number of azo groups is 1. The molecule has 2 aromatic rings. The number of nitriles is 1. The lowest BCUT2D eigenvalue weighted by molar-refractivity contribution is 0.340. The van der Waals surface area contributed by atoms with E-state index in [1.165, 1.54) is 0 Å². The van der Waals surface area contributed by atoms with Crippen molar-refractivity contribution in [2.75, 3.05) is 6.61 Å². The third-order valence-electron chi connectivity index (χ3n) is 2.43. The molecule has 0 N–H and O–H groups in total. The second kappa shape index (κ2) is 6.31. The minimum atomic E-state index is 0.611. The summed E-state index contributed by atoms with van der Waals surface area (Å²) in [5.41, 5.74) is 2.08. The van der Waals surface area contributed by atoms with Gasteiger partial charge in [-0.05, 0) is 55.5 Å². The van der Waals surface area contributed by atoms with Gasteiger partial charge in [-0.3, -0.25) is 0 Å². The van der Waals surface area contributed by atoms with Crippen molar-refractivity contribution in [3.8, 4) is 11.8 Å². The van der Waals surface area contributed by atoms with Gasteiger partial charge in [0.05, 0.1) is 29.6 Å². The van der Waals surface area contributed by atoms with E-state index in [1.807, 2.05) is 31.2 Å². The topological polar surface area (TPSA) is 57.7 Å². The summed E-state index contributed by atoms with van der Waals surface area (Å²) in [6.45, 7) is 2.59. The molecule has 4 heteroatoms. The maximum absolute atomic E-state index is 8.69. The van der Waals surface area contributed by atoms with Crippen LogP contribution in [0.3, 0.4) is 0 Å². The van der Waals surface area contributed by atoms with Gasteiger partial charge in [-0.1, -0.05) is 0 Å². The van der Waals surface area contributed by atoms with Gasteiger partial charge in [0, 0.05) is 0 Å². The molecule has 0 bridgehead atoms. The Morgan fingerprint density at radius 3 is 1.95 bits per heavy atom. The second-order valence-corrected chi connectivity index (χ2v) is 3.79. The van der Waals surface area contributed by atoms with Gasteiger partial charge in [0.15, 0.2) is 0 Å². The van der Waals surface area contributed by atoms with E-state index in [0.29, 0.717) is 17.9 Å². The molecule has 0 aliphatic heterocycles. The Morgan fingerprint density at radius 2 is 1.47 bits per heavy atom. The summed E-state index contributed by atoms with van der Waals surface area (Å²) in [6.07, 6.45) is 0. The molecule has 0 heterocycles. The zero-order valence-electron chi connectivity index (χ0n) is 10.6. The lowest BCUT2D eigenvalue weighted by Crippen LogP contribution is -1.89. The predicted octanol–water partition coefficient (Wildman–Crippen LogP) is 4.37. The van der Waals surface area contributed by atoms with E-state index in [2.05, 4.69) is 16.3 Å². The van der Waals surface area contributed by atoms with Crippen LogP contribution < -0.4 is 4.74 Å². The number of hydrogen-bond donors (Lipinski definition) is 0. The second-order valence-electron chi connectivity index (χ2n) is 3.79. The molecule has 94 valence electrons. The van der Waals surface area contributed by atoms with Gasteiger partial charge in [0.2, 0.25) is 0 Å². The molecule has 0 spiro atoms. The van der Waals surface area contributed by atoms with Crippen LogP contribution in [0.5, 0.6) is 5.75 Å². The van der Waals surface area contributed by atoms with Gasteiger partial charge in [0.25, 0.3) is 0 Å². The van der Waals surface area contributed by atoms with Crippen molar-refractivity contribution in [2.45, 2.75) is 6.92 Å². The zero-order chi connectivity index (χ0) is 13.5. The van der Waals surface area contributed by atoms with Crippen LogP contribution in [0.25, 0.3) is 0 Å². The Kier molecular flexibility index (Phi) is 4.25. The van der Waals surface area contributed by atoms with E-state index in [-0.39, 0.29) is 0 Å². The summed E-state index contributed by atoms with van der Waals surface area (Å²) in [5, 5.41) is 16.9. The molecular weight excluding hydrogens is 238 g/mol. The molecule has 0 saturated carbocycles. The van der Waals surface area contributed by atoms with E-state index >= 15 is 0 Å². The standard InChI is InChI=1S/C15H13N3O/c1-2-19-15-9-7-14(8-10-15)18-17-13-5-3-12(11-16)4-6-13/h3-10H,2H2,1H3. The fraction of sp³-hybridized carbons (Fsp3) is 0.133. The first-order valence-corrected chi connectivity index (χ1v) is 5.96. The van der Waals surface area contributed by atoms with Crippen molar-refractivity contribution in [3.05, 3.63) is 54.1 Å². The summed E-state index contributed by atoms with van der Waals surface area (Å²) in [7, 11) is 0. The highest BCUT2D eigenvalue weighted by molar-refractivity contribution is 5.44. The van der Waals surface area contributed by atoms with Crippen molar-refractivity contribution in [1.29, 1.82) is 5.26 Å². The summed E-state index contributed by atoms with van der Waals surface area (Å²) in [5.74, 6) is 0.819. The number of benzene rings is 2. The lowest BCUT2D eigenvalue weighted by Gasteiger charge is -2.01. The van der Waals surface area contributed by atoms with E-state index in [0.717, 1.165) is 11.4 Å². The molecule has 0 unspecified atom stereocenters. The molecule has 0 aromatic heterocycles. The van der Waals surface area contributed by atoms with E-state index in [9.17, 15) is 0 Å². The van der Waals surface area contributed by atoms with Crippen molar-refractivity contribution < 1.29 is 4.74 Å². The first-order chi connectivity index (χ1) is 9.31. The van der Waals surface area contributed by atoms with Crippen LogP contribution in [0.15, 0.2) is 58.8 Å². The molecule has 0 fully saturated rings. The first-order valence-electron chi connectivity index (χ1n) is 5.96. The number of rotatable bonds is 4. The molecule has 0 radical (unpaired) electrons. The minimum Gasteiger partial charge on any atom is -0.494 e. The number of ether oxygens (including phenoxy) is 1. The average molecular weight is 251 g/mol. The van der Waals surface area contributed by atoms with Crippen LogP contribution in [0.4, 0.5) is 11.4 Å². The Bertz CT molecular complexity index is 595. The largest absolute Gasteiger partial charge is 0.494 e. The maximum Gasteiger partial charge on any atom is 0.119 e. The lowest BCUT2D eigenvalue weighted by atomic mass is 10.2. The highest BCUT2D eigenvalue weighted by Gasteiger charge is 1.94. The van der Waals surface area contributed by atoms with Crippen LogP contribution in [-0.4, -0.2) is 6.61 Å². The van der Waals surface area contributed by atoms with Crippen molar-refractivity contribution in [1.82, 2.24) is 0 Å².